The summed E-state index contributed by atoms with van der Waals surface area (Å²) in [5, 5.41) is 11.1. The van der Waals surface area contributed by atoms with Gasteiger partial charge in [0.15, 0.2) is 5.15 Å². The zero-order valence-corrected chi connectivity index (χ0v) is 16.5. The number of hydrogen-bond donors (Lipinski definition) is 0. The van der Waals surface area contributed by atoms with E-state index in [1.807, 2.05) is 18.2 Å². The minimum atomic E-state index is 0.251. The molecule has 0 amide bonds. The van der Waals surface area contributed by atoms with Gasteiger partial charge in [-0.25, -0.2) is 4.98 Å². The molecule has 0 aliphatic rings. The average Bonchev–Trinajstić information content (AvgIpc) is 3.14. The molecule has 0 aliphatic heterocycles. The van der Waals surface area contributed by atoms with Crippen LogP contribution in [0.4, 0.5) is 0 Å². The Morgan fingerprint density at radius 2 is 1.40 bits per heavy atom. The lowest BCUT2D eigenvalue weighted by Crippen LogP contribution is -1.96. The Bertz CT molecular complexity index is 1560. The Kier molecular flexibility index (Phi) is 3.76. The van der Waals surface area contributed by atoms with Gasteiger partial charge in [-0.05, 0) is 24.3 Å². The second-order valence-corrected chi connectivity index (χ2v) is 7.37. The summed E-state index contributed by atoms with van der Waals surface area (Å²) >= 11 is 6.19. The van der Waals surface area contributed by atoms with Crippen molar-refractivity contribution in [2.75, 3.05) is 0 Å². The second kappa shape index (κ2) is 6.61. The summed E-state index contributed by atoms with van der Waals surface area (Å²) in [7, 11) is 0. The lowest BCUT2D eigenvalue weighted by Gasteiger charge is -2.09. The molecule has 6 aromatic rings. The van der Waals surface area contributed by atoms with Crippen LogP contribution in [0.2, 0.25) is 5.15 Å². The van der Waals surface area contributed by atoms with Crippen molar-refractivity contribution in [3.05, 3.63) is 90.3 Å². The van der Waals surface area contributed by atoms with E-state index in [2.05, 4.69) is 79.3 Å². The summed E-state index contributed by atoms with van der Waals surface area (Å²) in [6, 6.07) is 25.1. The zero-order chi connectivity index (χ0) is 20.1. The number of halogens is 1. The first-order chi connectivity index (χ1) is 14.8. The molecule has 3 heterocycles. The summed E-state index contributed by atoms with van der Waals surface area (Å²) in [5.41, 5.74) is 6.11. The third-order valence-corrected chi connectivity index (χ3v) is 5.57. The summed E-state index contributed by atoms with van der Waals surface area (Å²) in [5.74, 6) is 0. The van der Waals surface area contributed by atoms with Crippen LogP contribution >= 0.6 is 11.6 Å². The van der Waals surface area contributed by atoms with Crippen LogP contribution in [0, 0.1) is 0 Å². The van der Waals surface area contributed by atoms with Crippen molar-refractivity contribution in [2.45, 2.75) is 0 Å². The van der Waals surface area contributed by atoms with Gasteiger partial charge < -0.3 is 4.57 Å². The molecule has 3 aromatic carbocycles. The standard InChI is InChI=1S/C24H14ClN5/c25-24-23-22(26-12-13-27-23)21(28-29-24)15-10-11-18-17-8-4-5-9-19(17)30(20(18)14-15)16-6-2-1-3-7-16/h1-14H. The fourth-order valence-electron chi connectivity index (χ4n) is 4.02. The highest BCUT2D eigenvalue weighted by molar-refractivity contribution is 6.33. The molecule has 0 aliphatic carbocycles. The van der Waals surface area contributed by atoms with Crippen LogP contribution in [-0.4, -0.2) is 24.7 Å². The first-order valence-electron chi connectivity index (χ1n) is 9.53. The highest BCUT2D eigenvalue weighted by atomic mass is 35.5. The van der Waals surface area contributed by atoms with Gasteiger partial charge in [0.05, 0.1) is 11.0 Å². The van der Waals surface area contributed by atoms with Crippen LogP contribution in [0.5, 0.6) is 0 Å². The van der Waals surface area contributed by atoms with Crippen molar-refractivity contribution in [1.29, 1.82) is 0 Å². The molecule has 0 unspecified atom stereocenters. The van der Waals surface area contributed by atoms with E-state index in [9.17, 15) is 0 Å². The van der Waals surface area contributed by atoms with Gasteiger partial charge in [0, 0.05) is 34.4 Å². The average molecular weight is 408 g/mol. The van der Waals surface area contributed by atoms with Gasteiger partial charge in [0.2, 0.25) is 0 Å². The highest BCUT2D eigenvalue weighted by Crippen LogP contribution is 2.35. The fraction of sp³-hybridized carbons (Fsp3) is 0. The molecule has 0 saturated heterocycles. The maximum Gasteiger partial charge on any atom is 0.179 e. The third kappa shape index (κ3) is 2.49. The predicted octanol–water partition coefficient (Wildman–Crippen LogP) is 5.84. The van der Waals surface area contributed by atoms with Gasteiger partial charge in [0.25, 0.3) is 0 Å². The van der Waals surface area contributed by atoms with Crippen molar-refractivity contribution < 1.29 is 0 Å². The van der Waals surface area contributed by atoms with Crippen molar-refractivity contribution in [3.8, 4) is 16.9 Å². The van der Waals surface area contributed by atoms with E-state index in [0.29, 0.717) is 16.7 Å². The molecule has 0 saturated carbocycles. The minimum absolute atomic E-state index is 0.251. The highest BCUT2D eigenvalue weighted by Gasteiger charge is 2.16. The first kappa shape index (κ1) is 17.1. The molecule has 0 N–H and O–H groups in total. The molecule has 0 fully saturated rings. The Morgan fingerprint density at radius 3 is 2.27 bits per heavy atom. The number of fused-ring (bicyclic) bond motifs is 4. The van der Waals surface area contributed by atoms with E-state index in [1.54, 1.807) is 12.4 Å². The molecule has 5 nitrogen and oxygen atoms in total. The summed E-state index contributed by atoms with van der Waals surface area (Å²) in [4.78, 5) is 8.79. The van der Waals surface area contributed by atoms with Crippen molar-refractivity contribution in [2.24, 2.45) is 0 Å². The number of nitrogens with zero attached hydrogens (tertiary/aromatic N) is 5. The first-order valence-corrected chi connectivity index (χ1v) is 9.91. The van der Waals surface area contributed by atoms with Gasteiger partial charge in [-0.2, -0.15) is 0 Å². The lowest BCUT2D eigenvalue weighted by molar-refractivity contribution is 1.04. The Balaban J connectivity index is 1.70. The molecule has 3 aromatic heterocycles. The number of hydrogen-bond acceptors (Lipinski definition) is 4. The number of benzene rings is 3. The molecule has 0 atom stereocenters. The molecule has 6 rings (SSSR count). The van der Waals surface area contributed by atoms with E-state index in [1.165, 1.54) is 10.8 Å². The van der Waals surface area contributed by atoms with Crippen LogP contribution in [0.25, 0.3) is 49.8 Å². The summed E-state index contributed by atoms with van der Waals surface area (Å²) in [6.45, 7) is 0. The molecule has 6 heteroatoms. The van der Waals surface area contributed by atoms with Crippen molar-refractivity contribution in [3.63, 3.8) is 0 Å². The molecule has 0 spiro atoms. The Labute approximate surface area is 176 Å². The van der Waals surface area contributed by atoms with Crippen LogP contribution < -0.4 is 0 Å². The normalized spacial score (nSPS) is 11.5. The third-order valence-electron chi connectivity index (χ3n) is 5.32. The van der Waals surface area contributed by atoms with Gasteiger partial charge in [0.1, 0.15) is 16.7 Å². The monoisotopic (exact) mass is 407 g/mol. The SMILES string of the molecule is Clc1nnc(-c2ccc3c4ccccc4n(-c4ccccc4)c3c2)c2nccnc12. The number of para-hydroxylation sites is 2. The summed E-state index contributed by atoms with van der Waals surface area (Å²) in [6.07, 6.45) is 3.25. The van der Waals surface area contributed by atoms with Crippen molar-refractivity contribution >= 4 is 44.4 Å². The zero-order valence-electron chi connectivity index (χ0n) is 15.7. The molecule has 30 heavy (non-hydrogen) atoms. The van der Waals surface area contributed by atoms with Crippen LogP contribution in [0.1, 0.15) is 0 Å². The quantitative estimate of drug-likeness (QED) is 0.362. The smallest absolute Gasteiger partial charge is 0.179 e. The Morgan fingerprint density at radius 1 is 0.667 bits per heavy atom. The predicted molar refractivity (Wildman–Crippen MR) is 120 cm³/mol. The lowest BCUT2D eigenvalue weighted by atomic mass is 10.1. The molecular formula is C24H14ClN5. The van der Waals surface area contributed by atoms with Crippen molar-refractivity contribution in [1.82, 2.24) is 24.7 Å². The molecule has 0 bridgehead atoms. The van der Waals surface area contributed by atoms with Gasteiger partial charge in [-0.15, -0.1) is 10.2 Å². The van der Waals surface area contributed by atoms with Crippen LogP contribution in [0.15, 0.2) is 85.2 Å². The van der Waals surface area contributed by atoms with Crippen LogP contribution in [-0.2, 0) is 0 Å². The topological polar surface area (TPSA) is 56.5 Å². The Hall–Kier alpha value is -3.83. The van der Waals surface area contributed by atoms with E-state index < -0.39 is 0 Å². The maximum absolute atomic E-state index is 6.19. The van der Waals surface area contributed by atoms with E-state index in [0.717, 1.165) is 22.3 Å². The second-order valence-electron chi connectivity index (χ2n) is 7.01. The van der Waals surface area contributed by atoms with E-state index in [-0.39, 0.29) is 5.15 Å². The van der Waals surface area contributed by atoms with E-state index >= 15 is 0 Å². The number of aromatic nitrogens is 5. The van der Waals surface area contributed by atoms with Gasteiger partial charge in [-0.1, -0.05) is 60.1 Å². The van der Waals surface area contributed by atoms with Gasteiger partial charge >= 0.3 is 0 Å². The largest absolute Gasteiger partial charge is 0.309 e. The number of rotatable bonds is 2. The minimum Gasteiger partial charge on any atom is -0.309 e. The fourth-order valence-corrected chi connectivity index (χ4v) is 4.19. The van der Waals surface area contributed by atoms with Crippen LogP contribution in [0.3, 0.4) is 0 Å². The molecule has 0 radical (unpaired) electrons. The molecule has 142 valence electrons. The van der Waals surface area contributed by atoms with E-state index in [4.69, 9.17) is 11.6 Å². The molecular weight excluding hydrogens is 394 g/mol. The summed E-state index contributed by atoms with van der Waals surface area (Å²) < 4.78 is 2.27. The maximum atomic E-state index is 6.19. The van der Waals surface area contributed by atoms with Gasteiger partial charge in [-0.3, -0.25) is 4.98 Å².